The van der Waals surface area contributed by atoms with Crippen molar-refractivity contribution in [2.24, 2.45) is 0 Å². The molecule has 0 unspecified atom stereocenters. The van der Waals surface area contributed by atoms with Gasteiger partial charge < -0.3 is 10.1 Å². The smallest absolute Gasteiger partial charge is 0.378 e. The molecule has 4 nitrogen and oxygen atoms in total. The molecule has 1 N–H and O–H groups in total. The predicted molar refractivity (Wildman–Crippen MR) is 130 cm³/mol. The standard InChI is InChI=1S/C26H29F4N3OS/c27-24-23(19-9-7-14-31-17-19)33-25(35-24)32-20-13-12-18(22(16-20)26(28,29)30)8-3-2-6-15-34-21-10-4-1-5-11-21/h7,9,12-14,16-17,21H,1-6,8,10-11,15H2,(H,32,33). The summed E-state index contributed by atoms with van der Waals surface area (Å²) < 4.78 is 61.6. The van der Waals surface area contributed by atoms with E-state index in [0.29, 0.717) is 31.1 Å². The van der Waals surface area contributed by atoms with Crippen LogP contribution in [0.2, 0.25) is 0 Å². The van der Waals surface area contributed by atoms with Crippen molar-refractivity contribution in [2.75, 3.05) is 11.9 Å². The minimum Gasteiger partial charge on any atom is -0.378 e. The summed E-state index contributed by atoms with van der Waals surface area (Å²) in [6.07, 6.45) is 7.57. The highest BCUT2D eigenvalue weighted by Crippen LogP contribution is 2.36. The van der Waals surface area contributed by atoms with E-state index in [0.717, 1.165) is 43.1 Å². The SMILES string of the molecule is Fc1sc(Nc2ccc(CCCCCOC3CCCCC3)c(C(F)(F)F)c2)nc1-c1cccnc1. The van der Waals surface area contributed by atoms with Crippen LogP contribution in [0.3, 0.4) is 0 Å². The summed E-state index contributed by atoms with van der Waals surface area (Å²) in [5, 5.41) is 2.47. The number of thiazole rings is 1. The number of benzene rings is 1. The van der Waals surface area contributed by atoms with Gasteiger partial charge in [-0.1, -0.05) is 43.1 Å². The number of halogens is 4. The Kier molecular flexibility index (Phi) is 8.73. The lowest BCUT2D eigenvalue weighted by Crippen LogP contribution is -2.17. The van der Waals surface area contributed by atoms with Gasteiger partial charge in [-0.15, -0.1) is 0 Å². The lowest BCUT2D eigenvalue weighted by Gasteiger charge is -2.21. The van der Waals surface area contributed by atoms with E-state index in [9.17, 15) is 17.6 Å². The number of anilines is 2. The van der Waals surface area contributed by atoms with Crippen molar-refractivity contribution < 1.29 is 22.3 Å². The second-order valence-corrected chi connectivity index (χ2v) is 9.77. The molecular weight excluding hydrogens is 478 g/mol. The van der Waals surface area contributed by atoms with Crippen LogP contribution in [-0.4, -0.2) is 22.7 Å². The first kappa shape index (κ1) is 25.6. The highest BCUT2D eigenvalue weighted by atomic mass is 32.1. The Morgan fingerprint density at radius 3 is 2.63 bits per heavy atom. The Morgan fingerprint density at radius 1 is 1.06 bits per heavy atom. The van der Waals surface area contributed by atoms with Gasteiger partial charge in [0.05, 0.1) is 11.7 Å². The largest absolute Gasteiger partial charge is 0.416 e. The third-order valence-electron chi connectivity index (χ3n) is 6.18. The molecule has 4 rings (SSSR count). The highest BCUT2D eigenvalue weighted by Gasteiger charge is 2.33. The fraction of sp³-hybridized carbons (Fsp3) is 0.462. The Labute approximate surface area is 206 Å². The molecule has 0 atom stereocenters. The molecule has 2 aromatic heterocycles. The molecule has 3 aromatic rings. The predicted octanol–water partition coefficient (Wildman–Crippen LogP) is 8.17. The third kappa shape index (κ3) is 7.24. The van der Waals surface area contributed by atoms with E-state index in [2.05, 4.69) is 15.3 Å². The molecule has 1 aliphatic rings. The van der Waals surface area contributed by atoms with E-state index >= 15 is 0 Å². The first-order chi connectivity index (χ1) is 16.9. The first-order valence-electron chi connectivity index (χ1n) is 12.1. The maximum absolute atomic E-state index is 14.4. The number of hydrogen-bond acceptors (Lipinski definition) is 5. The minimum atomic E-state index is -4.48. The van der Waals surface area contributed by atoms with Gasteiger partial charge in [0.2, 0.25) is 5.13 Å². The summed E-state index contributed by atoms with van der Waals surface area (Å²) in [5.74, 6) is 0. The van der Waals surface area contributed by atoms with Crippen LogP contribution < -0.4 is 5.32 Å². The van der Waals surface area contributed by atoms with Crippen molar-refractivity contribution in [2.45, 2.75) is 70.1 Å². The molecule has 1 aliphatic carbocycles. The molecule has 188 valence electrons. The van der Waals surface area contributed by atoms with Crippen molar-refractivity contribution in [3.8, 4) is 11.3 Å². The van der Waals surface area contributed by atoms with E-state index in [1.165, 1.54) is 31.5 Å². The maximum Gasteiger partial charge on any atom is 0.416 e. The summed E-state index contributed by atoms with van der Waals surface area (Å²) in [5.41, 5.74) is 0.423. The van der Waals surface area contributed by atoms with Gasteiger partial charge in [-0.3, -0.25) is 4.98 Å². The van der Waals surface area contributed by atoms with Gasteiger partial charge in [0.25, 0.3) is 0 Å². The van der Waals surface area contributed by atoms with E-state index in [4.69, 9.17) is 4.74 Å². The Bertz CT molecular complexity index is 1080. The summed E-state index contributed by atoms with van der Waals surface area (Å²) in [4.78, 5) is 8.15. The van der Waals surface area contributed by atoms with E-state index in [1.54, 1.807) is 24.4 Å². The normalized spacial score (nSPS) is 14.9. The number of nitrogens with zero attached hydrogens (tertiary/aromatic N) is 2. The van der Waals surface area contributed by atoms with Crippen molar-refractivity contribution in [1.29, 1.82) is 0 Å². The zero-order valence-corrected chi connectivity index (χ0v) is 20.2. The number of ether oxygens (including phenoxy) is 1. The molecule has 0 radical (unpaired) electrons. The Hall–Kier alpha value is -2.52. The van der Waals surface area contributed by atoms with Crippen LogP contribution in [0.15, 0.2) is 42.7 Å². The molecule has 1 saturated carbocycles. The quantitative estimate of drug-likeness (QED) is 0.222. The van der Waals surface area contributed by atoms with E-state index in [1.807, 2.05) is 0 Å². The molecular formula is C26H29F4N3OS. The summed E-state index contributed by atoms with van der Waals surface area (Å²) in [6, 6.07) is 7.49. The number of unbranched alkanes of at least 4 members (excludes halogenated alkanes) is 2. The van der Waals surface area contributed by atoms with Crippen molar-refractivity contribution in [1.82, 2.24) is 9.97 Å². The third-order valence-corrected chi connectivity index (χ3v) is 6.94. The van der Waals surface area contributed by atoms with Gasteiger partial charge >= 0.3 is 6.18 Å². The van der Waals surface area contributed by atoms with Crippen LogP contribution in [0.1, 0.15) is 62.5 Å². The maximum atomic E-state index is 14.4. The van der Waals surface area contributed by atoms with E-state index in [-0.39, 0.29) is 22.1 Å². The van der Waals surface area contributed by atoms with Crippen LogP contribution in [0.4, 0.5) is 28.4 Å². The number of aromatic nitrogens is 2. The number of aryl methyl sites for hydroxylation is 1. The second kappa shape index (κ2) is 11.9. The van der Waals surface area contributed by atoms with Crippen LogP contribution in [-0.2, 0) is 17.3 Å². The average Bonchev–Trinajstić information content (AvgIpc) is 3.22. The zero-order valence-electron chi connectivity index (χ0n) is 19.4. The van der Waals surface area contributed by atoms with Gasteiger partial charge in [-0.05, 0) is 61.9 Å². The van der Waals surface area contributed by atoms with Crippen molar-refractivity contribution >= 4 is 22.2 Å². The number of alkyl halides is 3. The first-order valence-corrected chi connectivity index (χ1v) is 12.9. The fourth-order valence-corrected chi connectivity index (χ4v) is 5.11. The van der Waals surface area contributed by atoms with Crippen LogP contribution in [0, 0.1) is 5.13 Å². The summed E-state index contributed by atoms with van der Waals surface area (Å²) >= 11 is 0.743. The van der Waals surface area contributed by atoms with Crippen molar-refractivity contribution in [3.63, 3.8) is 0 Å². The summed E-state index contributed by atoms with van der Waals surface area (Å²) in [6.45, 7) is 0.672. The number of nitrogens with one attached hydrogen (secondary N) is 1. The highest BCUT2D eigenvalue weighted by molar-refractivity contribution is 7.14. The molecule has 0 bridgehead atoms. The monoisotopic (exact) mass is 507 g/mol. The van der Waals surface area contributed by atoms with Crippen LogP contribution >= 0.6 is 11.3 Å². The lowest BCUT2D eigenvalue weighted by molar-refractivity contribution is -0.138. The minimum absolute atomic E-state index is 0.116. The Balaban J connectivity index is 1.34. The van der Waals surface area contributed by atoms with Gasteiger partial charge in [0, 0.05) is 30.3 Å². The van der Waals surface area contributed by atoms with Gasteiger partial charge in [0.15, 0.2) is 5.13 Å². The van der Waals surface area contributed by atoms with Crippen molar-refractivity contribution in [3.05, 3.63) is 59.0 Å². The van der Waals surface area contributed by atoms with Gasteiger partial charge in [0.1, 0.15) is 5.69 Å². The summed E-state index contributed by atoms with van der Waals surface area (Å²) in [7, 11) is 0. The Morgan fingerprint density at radius 2 is 1.89 bits per heavy atom. The lowest BCUT2D eigenvalue weighted by atomic mass is 9.98. The topological polar surface area (TPSA) is 47.0 Å². The van der Waals surface area contributed by atoms with Crippen LogP contribution in [0.5, 0.6) is 0 Å². The molecule has 0 saturated heterocycles. The number of rotatable bonds is 10. The molecule has 0 amide bonds. The molecule has 9 heteroatoms. The molecule has 0 aliphatic heterocycles. The average molecular weight is 508 g/mol. The van der Waals surface area contributed by atoms with Gasteiger partial charge in [-0.2, -0.15) is 17.6 Å². The van der Waals surface area contributed by atoms with Crippen LogP contribution in [0.25, 0.3) is 11.3 Å². The molecule has 1 aromatic carbocycles. The molecule has 1 fully saturated rings. The molecule has 2 heterocycles. The molecule has 35 heavy (non-hydrogen) atoms. The second-order valence-electron chi connectivity index (χ2n) is 8.82. The zero-order chi connectivity index (χ0) is 24.7. The number of pyridine rings is 1. The van der Waals surface area contributed by atoms with E-state index < -0.39 is 16.9 Å². The van der Waals surface area contributed by atoms with Gasteiger partial charge in [-0.25, -0.2) is 4.98 Å². The molecule has 0 spiro atoms. The number of hydrogen-bond donors (Lipinski definition) is 1. The fourth-order valence-electron chi connectivity index (χ4n) is 4.37.